The standard InChI is InChI=1S/C10H7N3OS.C5H12.C2H6/c11-10(14)7-4-6-5-12-8-2-1-3-9(15-7)13(6)8;1-4-5(2)3;1-2/h1-5H,(H2,11,14);5H,4H2,1-3H3;1-2H3. The van der Waals surface area contributed by atoms with Gasteiger partial charge < -0.3 is 5.73 Å². The summed E-state index contributed by atoms with van der Waals surface area (Å²) in [5, 5.41) is 0.969. The van der Waals surface area contributed by atoms with Crippen LogP contribution in [0.3, 0.4) is 0 Å². The first kappa shape index (κ1) is 18.3. The molecule has 2 aromatic heterocycles. The minimum absolute atomic E-state index is 0.399. The molecule has 1 amide bonds. The number of carbonyl (C=O) groups excluding carboxylic acids is 1. The van der Waals surface area contributed by atoms with E-state index >= 15 is 0 Å². The largest absolute Gasteiger partial charge is 0.365 e. The summed E-state index contributed by atoms with van der Waals surface area (Å²) in [7, 11) is 0. The number of hydrogen-bond donors (Lipinski definition) is 1. The number of nitrogens with zero attached hydrogens (tertiary/aromatic N) is 2. The summed E-state index contributed by atoms with van der Waals surface area (Å²) >= 11 is 1.37. The Morgan fingerprint density at radius 2 is 2.00 bits per heavy atom. The molecule has 0 fully saturated rings. The van der Waals surface area contributed by atoms with Crippen LogP contribution in [0.25, 0.3) is 11.7 Å². The van der Waals surface area contributed by atoms with Gasteiger partial charge in [-0.2, -0.15) is 0 Å². The van der Waals surface area contributed by atoms with Crippen LogP contribution in [0.15, 0.2) is 34.3 Å². The van der Waals surface area contributed by atoms with E-state index in [9.17, 15) is 4.79 Å². The number of carbonyl (C=O) groups is 1. The first-order valence-corrected chi connectivity index (χ1v) is 8.50. The molecular formula is C17H25N3OS. The lowest BCUT2D eigenvalue weighted by Crippen LogP contribution is -2.14. The van der Waals surface area contributed by atoms with Gasteiger partial charge in [-0.05, 0) is 24.1 Å². The molecule has 0 aliphatic carbocycles. The average Bonchev–Trinajstić information content (AvgIpc) is 2.95. The van der Waals surface area contributed by atoms with Gasteiger partial charge in [0.15, 0.2) is 0 Å². The van der Waals surface area contributed by atoms with Crippen LogP contribution in [0.5, 0.6) is 0 Å². The fourth-order valence-corrected chi connectivity index (χ4v) is 2.55. The molecule has 0 saturated carbocycles. The van der Waals surface area contributed by atoms with E-state index in [0.717, 1.165) is 22.3 Å². The Balaban J connectivity index is 0.000000299. The summed E-state index contributed by atoms with van der Waals surface area (Å²) in [5.74, 6) is 0.486. The van der Waals surface area contributed by atoms with E-state index in [1.807, 2.05) is 36.4 Å². The van der Waals surface area contributed by atoms with Gasteiger partial charge in [-0.15, -0.1) is 0 Å². The van der Waals surface area contributed by atoms with Crippen LogP contribution in [0, 0.1) is 5.92 Å². The van der Waals surface area contributed by atoms with Crippen molar-refractivity contribution in [3.8, 4) is 0 Å². The molecule has 3 heterocycles. The van der Waals surface area contributed by atoms with Gasteiger partial charge in [0.05, 0.1) is 21.8 Å². The monoisotopic (exact) mass is 319 g/mol. The number of amides is 1. The summed E-state index contributed by atoms with van der Waals surface area (Å²) < 4.78 is 2.00. The van der Waals surface area contributed by atoms with E-state index in [-0.39, 0.29) is 0 Å². The second-order valence-corrected chi connectivity index (χ2v) is 6.08. The van der Waals surface area contributed by atoms with Crippen LogP contribution < -0.4 is 5.73 Å². The van der Waals surface area contributed by atoms with Gasteiger partial charge in [-0.3, -0.25) is 9.20 Å². The number of nitrogens with two attached hydrogens (primary N) is 1. The zero-order valence-corrected chi connectivity index (χ0v) is 14.8. The van der Waals surface area contributed by atoms with Crippen molar-refractivity contribution in [2.45, 2.75) is 46.1 Å². The highest BCUT2D eigenvalue weighted by Gasteiger charge is 2.17. The molecule has 0 unspecified atom stereocenters. The molecule has 4 nitrogen and oxygen atoms in total. The molecule has 0 saturated heterocycles. The number of rotatable bonds is 2. The fourth-order valence-electron chi connectivity index (χ4n) is 1.61. The molecule has 120 valence electrons. The van der Waals surface area contributed by atoms with Gasteiger partial charge in [0.1, 0.15) is 5.65 Å². The van der Waals surface area contributed by atoms with Gasteiger partial charge in [-0.1, -0.05) is 58.9 Å². The summed E-state index contributed by atoms with van der Waals surface area (Å²) in [4.78, 5) is 15.9. The molecule has 0 radical (unpaired) electrons. The van der Waals surface area contributed by atoms with Crippen molar-refractivity contribution in [1.29, 1.82) is 0 Å². The maximum absolute atomic E-state index is 11.1. The minimum atomic E-state index is -0.399. The van der Waals surface area contributed by atoms with Crippen molar-refractivity contribution in [2.24, 2.45) is 11.7 Å². The smallest absolute Gasteiger partial charge is 0.255 e. The summed E-state index contributed by atoms with van der Waals surface area (Å²) in [6, 6.07) is 5.79. The molecule has 3 rings (SSSR count). The predicted molar refractivity (Wildman–Crippen MR) is 94.7 cm³/mol. The normalized spacial score (nSPS) is 12.0. The van der Waals surface area contributed by atoms with Crippen LogP contribution in [0.4, 0.5) is 0 Å². The quantitative estimate of drug-likeness (QED) is 0.895. The molecule has 0 spiro atoms. The van der Waals surface area contributed by atoms with Crippen LogP contribution in [-0.2, 0) is 4.79 Å². The Kier molecular flexibility index (Phi) is 7.18. The molecule has 1 aliphatic heterocycles. The van der Waals surface area contributed by atoms with Crippen LogP contribution in [0.2, 0.25) is 0 Å². The van der Waals surface area contributed by atoms with E-state index in [1.165, 1.54) is 18.2 Å². The lowest BCUT2D eigenvalue weighted by molar-refractivity contribution is -0.113. The second-order valence-electron chi connectivity index (χ2n) is 5.02. The molecule has 1 aliphatic rings. The average molecular weight is 319 g/mol. The molecule has 0 atom stereocenters. The number of pyridine rings is 1. The second kappa shape index (κ2) is 8.63. The van der Waals surface area contributed by atoms with E-state index < -0.39 is 5.91 Å². The zero-order chi connectivity index (χ0) is 16.7. The maximum atomic E-state index is 11.1. The Hall–Kier alpha value is -1.75. The van der Waals surface area contributed by atoms with E-state index in [0.29, 0.717) is 4.91 Å². The maximum Gasteiger partial charge on any atom is 0.255 e. The fraction of sp³-hybridized carbons (Fsp3) is 0.412. The zero-order valence-electron chi connectivity index (χ0n) is 14.0. The van der Waals surface area contributed by atoms with E-state index in [2.05, 4.69) is 25.8 Å². The van der Waals surface area contributed by atoms with Crippen molar-refractivity contribution in [1.82, 2.24) is 9.38 Å². The highest BCUT2D eigenvalue weighted by Crippen LogP contribution is 2.33. The van der Waals surface area contributed by atoms with Crippen molar-refractivity contribution >= 4 is 29.4 Å². The van der Waals surface area contributed by atoms with E-state index in [4.69, 9.17) is 5.73 Å². The third-order valence-electron chi connectivity index (χ3n) is 3.07. The number of imidazole rings is 1. The Bertz CT molecular complexity index is 659. The number of hydrogen-bond acceptors (Lipinski definition) is 3. The molecule has 2 N–H and O–H groups in total. The molecule has 5 heteroatoms. The van der Waals surface area contributed by atoms with Gasteiger partial charge in [0.25, 0.3) is 5.91 Å². The number of aromatic nitrogens is 2. The van der Waals surface area contributed by atoms with Gasteiger partial charge in [0.2, 0.25) is 0 Å². The Morgan fingerprint density at radius 3 is 2.55 bits per heavy atom. The molecule has 0 bridgehead atoms. The molecule has 22 heavy (non-hydrogen) atoms. The summed E-state index contributed by atoms with van der Waals surface area (Å²) in [6.07, 6.45) is 4.81. The molecule has 0 aromatic carbocycles. The topological polar surface area (TPSA) is 60.4 Å². The van der Waals surface area contributed by atoms with Crippen LogP contribution in [0.1, 0.15) is 46.7 Å². The SMILES string of the molecule is CC.CCC(C)C.NC(=O)C1=Cc2cnc3cccc(n23)S1. The first-order chi connectivity index (χ1) is 10.5. The van der Waals surface area contributed by atoms with Crippen molar-refractivity contribution in [3.63, 3.8) is 0 Å². The van der Waals surface area contributed by atoms with Gasteiger partial charge >= 0.3 is 0 Å². The molecular weight excluding hydrogens is 294 g/mol. The van der Waals surface area contributed by atoms with Crippen molar-refractivity contribution in [2.75, 3.05) is 0 Å². The number of primary amides is 1. The van der Waals surface area contributed by atoms with Crippen molar-refractivity contribution in [3.05, 3.63) is 35.0 Å². The molecule has 2 aromatic rings. The third kappa shape index (κ3) is 4.37. The first-order valence-electron chi connectivity index (χ1n) is 7.68. The third-order valence-corrected chi connectivity index (χ3v) is 4.14. The summed E-state index contributed by atoms with van der Waals surface area (Å²) in [6.45, 7) is 10.6. The highest BCUT2D eigenvalue weighted by molar-refractivity contribution is 8.04. The van der Waals surface area contributed by atoms with Crippen LogP contribution >= 0.6 is 11.8 Å². The van der Waals surface area contributed by atoms with Crippen LogP contribution in [-0.4, -0.2) is 15.3 Å². The van der Waals surface area contributed by atoms with Gasteiger partial charge in [0, 0.05) is 0 Å². The predicted octanol–water partition coefficient (Wildman–Crippen LogP) is 4.34. The Morgan fingerprint density at radius 1 is 1.36 bits per heavy atom. The summed E-state index contributed by atoms with van der Waals surface area (Å²) in [5.41, 5.74) is 7.04. The number of thioether (sulfide) groups is 1. The lowest BCUT2D eigenvalue weighted by Gasteiger charge is -2.12. The van der Waals surface area contributed by atoms with E-state index in [1.54, 1.807) is 12.3 Å². The van der Waals surface area contributed by atoms with Gasteiger partial charge in [-0.25, -0.2) is 4.98 Å². The highest BCUT2D eigenvalue weighted by atomic mass is 32.2. The Labute approximate surface area is 136 Å². The lowest BCUT2D eigenvalue weighted by atomic mass is 10.2. The van der Waals surface area contributed by atoms with Crippen molar-refractivity contribution < 1.29 is 4.79 Å². The minimum Gasteiger partial charge on any atom is -0.365 e.